The van der Waals surface area contributed by atoms with Crippen LogP contribution in [-0.4, -0.2) is 27.8 Å². The first-order chi connectivity index (χ1) is 11.2. The average molecular weight is 325 g/mol. The van der Waals surface area contributed by atoms with Gasteiger partial charge in [-0.2, -0.15) is 0 Å². The van der Waals surface area contributed by atoms with Crippen molar-refractivity contribution in [1.82, 2.24) is 14.9 Å². The summed E-state index contributed by atoms with van der Waals surface area (Å²) in [6.07, 6.45) is 0. The Balaban J connectivity index is 2.01. The van der Waals surface area contributed by atoms with Crippen LogP contribution in [0.2, 0.25) is 0 Å². The molecule has 3 rings (SSSR count). The molecule has 3 aromatic rings. The van der Waals surface area contributed by atoms with Crippen LogP contribution < -0.4 is 5.32 Å². The van der Waals surface area contributed by atoms with Crippen LogP contribution in [0.4, 0.5) is 0 Å². The van der Waals surface area contributed by atoms with Crippen molar-refractivity contribution in [3.05, 3.63) is 54.1 Å². The van der Waals surface area contributed by atoms with E-state index in [9.17, 15) is 4.79 Å². The van der Waals surface area contributed by atoms with Crippen molar-refractivity contribution in [2.45, 2.75) is 19.0 Å². The molecule has 4 nitrogen and oxygen atoms in total. The van der Waals surface area contributed by atoms with Gasteiger partial charge in [-0.05, 0) is 38.1 Å². The molecule has 23 heavy (non-hydrogen) atoms. The monoisotopic (exact) mass is 325 g/mol. The van der Waals surface area contributed by atoms with E-state index in [-0.39, 0.29) is 5.91 Å². The van der Waals surface area contributed by atoms with Gasteiger partial charge in [0, 0.05) is 12.2 Å². The molecule has 0 atom stereocenters. The predicted octanol–water partition coefficient (Wildman–Crippen LogP) is 3.56. The van der Waals surface area contributed by atoms with Gasteiger partial charge in [-0.25, -0.2) is 4.98 Å². The molecule has 0 fully saturated rings. The number of fused-ring (bicyclic) bond motifs is 1. The van der Waals surface area contributed by atoms with Crippen LogP contribution in [0.25, 0.3) is 16.7 Å². The Morgan fingerprint density at radius 1 is 1.17 bits per heavy atom. The van der Waals surface area contributed by atoms with E-state index in [1.165, 1.54) is 17.3 Å². The lowest BCUT2D eigenvalue weighted by atomic mass is 10.2. The van der Waals surface area contributed by atoms with Crippen LogP contribution in [0.5, 0.6) is 0 Å². The predicted molar refractivity (Wildman–Crippen MR) is 95.2 cm³/mol. The Morgan fingerprint density at radius 2 is 1.91 bits per heavy atom. The van der Waals surface area contributed by atoms with Gasteiger partial charge in [-0.1, -0.05) is 41.6 Å². The normalized spacial score (nSPS) is 10.9. The maximum Gasteiger partial charge on any atom is 0.230 e. The van der Waals surface area contributed by atoms with E-state index in [4.69, 9.17) is 0 Å². The van der Waals surface area contributed by atoms with Gasteiger partial charge in [0.2, 0.25) is 5.91 Å². The Hall–Kier alpha value is -2.27. The molecule has 0 spiro atoms. The van der Waals surface area contributed by atoms with Crippen LogP contribution in [0.3, 0.4) is 0 Å². The zero-order valence-electron chi connectivity index (χ0n) is 13.2. The molecule has 2 aromatic carbocycles. The van der Waals surface area contributed by atoms with E-state index in [0.717, 1.165) is 21.9 Å². The second-order valence-corrected chi connectivity index (χ2v) is 6.24. The Kier molecular flexibility index (Phi) is 4.67. The smallest absolute Gasteiger partial charge is 0.230 e. The van der Waals surface area contributed by atoms with Crippen LogP contribution in [-0.2, 0) is 4.79 Å². The van der Waals surface area contributed by atoms with E-state index in [1.807, 2.05) is 25.1 Å². The van der Waals surface area contributed by atoms with Crippen molar-refractivity contribution < 1.29 is 4.79 Å². The summed E-state index contributed by atoms with van der Waals surface area (Å²) in [5, 5.41) is 3.65. The lowest BCUT2D eigenvalue weighted by molar-refractivity contribution is -0.118. The minimum atomic E-state index is 0.0278. The largest absolute Gasteiger partial charge is 0.356 e. The second kappa shape index (κ2) is 6.87. The third kappa shape index (κ3) is 3.40. The quantitative estimate of drug-likeness (QED) is 0.730. The van der Waals surface area contributed by atoms with Gasteiger partial charge in [0.1, 0.15) is 0 Å². The molecule has 0 aliphatic rings. The standard InChI is InChI=1S/C18H19N3OS/c1-3-19-17(22)12-23-18-20-15-6-4-5-7-16(15)21(18)14-10-8-13(2)9-11-14/h4-11H,3,12H2,1-2H3,(H,19,22). The SMILES string of the molecule is CCNC(=O)CSc1nc2ccccc2n1-c1ccc(C)cc1. The number of hydrogen-bond acceptors (Lipinski definition) is 3. The summed E-state index contributed by atoms with van der Waals surface area (Å²) < 4.78 is 2.11. The fourth-order valence-corrected chi connectivity index (χ4v) is 3.28. The van der Waals surface area contributed by atoms with Crippen LogP contribution in [0.15, 0.2) is 53.7 Å². The zero-order chi connectivity index (χ0) is 16.2. The molecule has 0 radical (unpaired) electrons. The number of amides is 1. The summed E-state index contributed by atoms with van der Waals surface area (Å²) in [5.74, 6) is 0.392. The van der Waals surface area contributed by atoms with Crippen molar-refractivity contribution >= 4 is 28.7 Å². The first-order valence-corrected chi connectivity index (χ1v) is 8.61. The summed E-state index contributed by atoms with van der Waals surface area (Å²) in [6.45, 7) is 4.64. The number of thioether (sulfide) groups is 1. The Bertz CT molecular complexity index is 824. The first-order valence-electron chi connectivity index (χ1n) is 7.63. The summed E-state index contributed by atoms with van der Waals surface area (Å²) in [7, 11) is 0. The van der Waals surface area contributed by atoms with E-state index >= 15 is 0 Å². The minimum Gasteiger partial charge on any atom is -0.356 e. The number of hydrogen-bond donors (Lipinski definition) is 1. The molecule has 1 heterocycles. The van der Waals surface area contributed by atoms with Gasteiger partial charge < -0.3 is 5.32 Å². The number of aromatic nitrogens is 2. The highest BCUT2D eigenvalue weighted by Crippen LogP contribution is 2.28. The third-order valence-corrected chi connectivity index (χ3v) is 4.47. The molecule has 0 saturated carbocycles. The maximum absolute atomic E-state index is 11.8. The number of para-hydroxylation sites is 2. The highest BCUT2D eigenvalue weighted by atomic mass is 32.2. The number of benzene rings is 2. The molecular weight excluding hydrogens is 306 g/mol. The van der Waals surface area contributed by atoms with E-state index < -0.39 is 0 Å². The molecule has 0 aliphatic carbocycles. The van der Waals surface area contributed by atoms with Gasteiger partial charge in [-0.3, -0.25) is 9.36 Å². The van der Waals surface area contributed by atoms with E-state index in [0.29, 0.717) is 12.3 Å². The summed E-state index contributed by atoms with van der Waals surface area (Å²) in [5.41, 5.74) is 4.26. The fourth-order valence-electron chi connectivity index (χ4n) is 2.42. The van der Waals surface area contributed by atoms with Gasteiger partial charge in [-0.15, -0.1) is 0 Å². The van der Waals surface area contributed by atoms with E-state index in [1.54, 1.807) is 0 Å². The summed E-state index contributed by atoms with van der Waals surface area (Å²) in [6, 6.07) is 16.4. The Labute approximate surface area is 139 Å². The van der Waals surface area contributed by atoms with Gasteiger partial charge in [0.05, 0.1) is 16.8 Å². The second-order valence-electron chi connectivity index (χ2n) is 5.30. The fraction of sp³-hybridized carbons (Fsp3) is 0.222. The van der Waals surface area contributed by atoms with Crippen molar-refractivity contribution in [2.24, 2.45) is 0 Å². The molecular formula is C18H19N3OS. The molecule has 0 aliphatic heterocycles. The summed E-state index contributed by atoms with van der Waals surface area (Å²) in [4.78, 5) is 16.4. The number of nitrogens with zero attached hydrogens (tertiary/aromatic N) is 2. The topological polar surface area (TPSA) is 46.9 Å². The number of rotatable bonds is 5. The lowest BCUT2D eigenvalue weighted by Crippen LogP contribution is -2.24. The summed E-state index contributed by atoms with van der Waals surface area (Å²) >= 11 is 1.46. The molecule has 118 valence electrons. The minimum absolute atomic E-state index is 0.0278. The zero-order valence-corrected chi connectivity index (χ0v) is 14.1. The molecule has 0 saturated heterocycles. The van der Waals surface area contributed by atoms with Crippen molar-refractivity contribution in [2.75, 3.05) is 12.3 Å². The van der Waals surface area contributed by atoms with Crippen molar-refractivity contribution in [3.8, 4) is 5.69 Å². The third-order valence-electron chi connectivity index (χ3n) is 3.53. The number of carbonyl (C=O) groups excluding carboxylic acids is 1. The maximum atomic E-state index is 11.8. The van der Waals surface area contributed by atoms with Gasteiger partial charge in [0.25, 0.3) is 0 Å². The molecule has 1 aromatic heterocycles. The Morgan fingerprint density at radius 3 is 2.65 bits per heavy atom. The average Bonchev–Trinajstić information content (AvgIpc) is 2.92. The van der Waals surface area contributed by atoms with Crippen LogP contribution in [0.1, 0.15) is 12.5 Å². The van der Waals surface area contributed by atoms with Crippen molar-refractivity contribution in [1.29, 1.82) is 0 Å². The van der Waals surface area contributed by atoms with Gasteiger partial charge >= 0.3 is 0 Å². The number of imidazole rings is 1. The lowest BCUT2D eigenvalue weighted by Gasteiger charge is -2.09. The molecule has 1 N–H and O–H groups in total. The van der Waals surface area contributed by atoms with Crippen LogP contribution >= 0.6 is 11.8 Å². The van der Waals surface area contributed by atoms with Crippen LogP contribution in [0, 0.1) is 6.92 Å². The first kappa shape index (κ1) is 15.6. The van der Waals surface area contributed by atoms with Crippen molar-refractivity contribution in [3.63, 3.8) is 0 Å². The van der Waals surface area contributed by atoms with E-state index in [2.05, 4.69) is 52.1 Å². The molecule has 0 bridgehead atoms. The number of carbonyl (C=O) groups is 1. The molecule has 0 unspecified atom stereocenters. The molecule has 5 heteroatoms. The molecule has 1 amide bonds. The highest BCUT2D eigenvalue weighted by molar-refractivity contribution is 7.99. The van der Waals surface area contributed by atoms with Gasteiger partial charge in [0.15, 0.2) is 5.16 Å². The number of nitrogens with one attached hydrogen (secondary N) is 1. The number of aryl methyl sites for hydroxylation is 1. The highest BCUT2D eigenvalue weighted by Gasteiger charge is 2.14.